The molecule has 0 saturated heterocycles. The van der Waals surface area contributed by atoms with Crippen molar-refractivity contribution in [2.75, 3.05) is 5.32 Å². The van der Waals surface area contributed by atoms with Crippen molar-refractivity contribution in [2.45, 2.75) is 0 Å². The molecule has 0 bridgehead atoms. The Hall–Kier alpha value is -2.44. The minimum atomic E-state index is -1.28. The van der Waals surface area contributed by atoms with Crippen LogP contribution in [0, 0.1) is 11.6 Å². The predicted octanol–water partition coefficient (Wildman–Crippen LogP) is 2.39. The highest BCUT2D eigenvalue weighted by atomic mass is 19.1. The number of carboxylic acids is 1. The van der Waals surface area contributed by atoms with E-state index < -0.39 is 17.6 Å². The van der Waals surface area contributed by atoms with Crippen molar-refractivity contribution in [3.05, 3.63) is 41.8 Å². The van der Waals surface area contributed by atoms with Gasteiger partial charge >= 0.3 is 5.97 Å². The van der Waals surface area contributed by atoms with Crippen LogP contribution >= 0.6 is 0 Å². The number of aromatic carboxylic acids is 1. The average Bonchev–Trinajstić information content (AvgIpc) is 2.72. The molecule has 0 aliphatic heterocycles. The molecule has 0 atom stereocenters. The number of benzene rings is 1. The number of carboxylic acid groups (broad SMARTS) is 1. The minimum absolute atomic E-state index is 0.191. The largest absolute Gasteiger partial charge is 0.476 e. The molecule has 0 amide bonds. The molecule has 88 valence electrons. The van der Waals surface area contributed by atoms with Gasteiger partial charge in [0.05, 0.1) is 5.69 Å². The lowest BCUT2D eigenvalue weighted by Gasteiger charge is -2.02. The highest BCUT2D eigenvalue weighted by molar-refractivity contribution is 5.85. The Balaban J connectivity index is 2.25. The number of nitrogens with zero attached hydrogens (tertiary/aromatic N) is 1. The van der Waals surface area contributed by atoms with Crippen LogP contribution in [0.2, 0.25) is 0 Å². The predicted molar refractivity (Wildman–Crippen MR) is 53.1 cm³/mol. The maximum absolute atomic E-state index is 13.2. The van der Waals surface area contributed by atoms with Crippen LogP contribution in [0.1, 0.15) is 10.5 Å². The van der Waals surface area contributed by atoms with E-state index in [4.69, 9.17) is 9.52 Å². The molecule has 0 fully saturated rings. The molecule has 2 rings (SSSR count). The van der Waals surface area contributed by atoms with E-state index in [1.54, 1.807) is 0 Å². The molecule has 0 saturated carbocycles. The van der Waals surface area contributed by atoms with Gasteiger partial charge < -0.3 is 14.8 Å². The Morgan fingerprint density at radius 2 is 2.18 bits per heavy atom. The lowest BCUT2D eigenvalue weighted by Crippen LogP contribution is -1.98. The minimum Gasteiger partial charge on any atom is -0.476 e. The summed E-state index contributed by atoms with van der Waals surface area (Å²) in [6.07, 6.45) is 0.891. The molecule has 1 heterocycles. The third-order valence-electron chi connectivity index (χ3n) is 1.89. The highest BCUT2D eigenvalue weighted by Gasteiger charge is 2.12. The third-order valence-corrected chi connectivity index (χ3v) is 1.89. The number of carbonyl (C=O) groups is 1. The van der Waals surface area contributed by atoms with Gasteiger partial charge in [-0.2, -0.15) is 4.98 Å². The monoisotopic (exact) mass is 240 g/mol. The summed E-state index contributed by atoms with van der Waals surface area (Å²) in [5, 5.41) is 10.9. The van der Waals surface area contributed by atoms with Gasteiger partial charge in [0.2, 0.25) is 0 Å². The molecule has 2 aromatic rings. The molecular weight excluding hydrogens is 234 g/mol. The quantitative estimate of drug-likeness (QED) is 0.861. The van der Waals surface area contributed by atoms with Gasteiger partial charge in [-0.05, 0) is 12.1 Å². The van der Waals surface area contributed by atoms with Crippen LogP contribution in [0.4, 0.5) is 20.5 Å². The van der Waals surface area contributed by atoms with Crippen molar-refractivity contribution in [1.29, 1.82) is 0 Å². The van der Waals surface area contributed by atoms with Crippen molar-refractivity contribution in [3.63, 3.8) is 0 Å². The number of hydrogen-bond acceptors (Lipinski definition) is 4. The third kappa shape index (κ3) is 2.39. The SMILES string of the molecule is O=C(O)c1coc(Nc2cc(F)ccc2F)n1. The smallest absolute Gasteiger partial charge is 0.357 e. The number of nitrogens with one attached hydrogen (secondary N) is 1. The zero-order chi connectivity index (χ0) is 12.4. The van der Waals surface area contributed by atoms with E-state index in [-0.39, 0.29) is 17.4 Å². The van der Waals surface area contributed by atoms with E-state index in [0.717, 1.165) is 24.5 Å². The van der Waals surface area contributed by atoms with Crippen molar-refractivity contribution < 1.29 is 23.1 Å². The number of aromatic nitrogens is 1. The number of oxazole rings is 1. The zero-order valence-corrected chi connectivity index (χ0v) is 8.28. The summed E-state index contributed by atoms with van der Waals surface area (Å²) in [7, 11) is 0. The Bertz CT molecular complexity index is 568. The fourth-order valence-corrected chi connectivity index (χ4v) is 1.14. The molecule has 17 heavy (non-hydrogen) atoms. The summed E-state index contributed by atoms with van der Waals surface area (Å²) < 4.78 is 30.8. The first-order valence-corrected chi connectivity index (χ1v) is 4.47. The van der Waals surface area contributed by atoms with E-state index in [9.17, 15) is 13.6 Å². The summed E-state index contributed by atoms with van der Waals surface area (Å²) in [5.41, 5.74) is -0.520. The molecule has 0 aliphatic rings. The van der Waals surface area contributed by atoms with E-state index >= 15 is 0 Å². The standard InChI is InChI=1S/C10H6F2N2O3/c11-5-1-2-6(12)7(3-5)13-10-14-8(4-17-10)9(15)16/h1-4H,(H,13,14)(H,15,16). The van der Waals surface area contributed by atoms with E-state index in [1.165, 1.54) is 0 Å². The van der Waals surface area contributed by atoms with Gasteiger partial charge in [-0.1, -0.05) is 0 Å². The number of anilines is 2. The lowest BCUT2D eigenvalue weighted by atomic mass is 10.3. The first-order chi connectivity index (χ1) is 8.06. The van der Waals surface area contributed by atoms with Crippen LogP contribution < -0.4 is 5.32 Å². The van der Waals surface area contributed by atoms with Gasteiger partial charge in [-0.25, -0.2) is 13.6 Å². The second-order valence-electron chi connectivity index (χ2n) is 3.09. The summed E-state index contributed by atoms with van der Waals surface area (Å²) >= 11 is 0. The van der Waals surface area contributed by atoms with Crippen LogP contribution in [-0.4, -0.2) is 16.1 Å². The first kappa shape index (κ1) is 11.1. The highest BCUT2D eigenvalue weighted by Crippen LogP contribution is 2.20. The van der Waals surface area contributed by atoms with Crippen molar-refractivity contribution in [1.82, 2.24) is 4.98 Å². The summed E-state index contributed by atoms with van der Waals surface area (Å²) in [5.74, 6) is -2.62. The van der Waals surface area contributed by atoms with Gasteiger partial charge in [0.25, 0.3) is 6.01 Å². The van der Waals surface area contributed by atoms with Gasteiger partial charge in [-0.3, -0.25) is 0 Å². The summed E-state index contributed by atoms with van der Waals surface area (Å²) in [4.78, 5) is 14.0. The number of hydrogen-bond donors (Lipinski definition) is 2. The maximum Gasteiger partial charge on any atom is 0.357 e. The fraction of sp³-hybridized carbons (Fsp3) is 0. The molecule has 1 aromatic heterocycles. The van der Waals surface area contributed by atoms with Crippen LogP contribution in [-0.2, 0) is 0 Å². The van der Waals surface area contributed by atoms with Gasteiger partial charge in [0.1, 0.15) is 17.9 Å². The topological polar surface area (TPSA) is 75.4 Å². The van der Waals surface area contributed by atoms with E-state index in [0.29, 0.717) is 0 Å². The van der Waals surface area contributed by atoms with Crippen LogP contribution in [0.5, 0.6) is 0 Å². The lowest BCUT2D eigenvalue weighted by molar-refractivity contribution is 0.0690. The molecule has 5 nitrogen and oxygen atoms in total. The molecule has 7 heteroatoms. The number of rotatable bonds is 3. The Morgan fingerprint density at radius 1 is 1.41 bits per heavy atom. The molecule has 2 N–H and O–H groups in total. The van der Waals surface area contributed by atoms with Gasteiger partial charge in [0, 0.05) is 6.07 Å². The zero-order valence-electron chi connectivity index (χ0n) is 8.28. The van der Waals surface area contributed by atoms with Gasteiger partial charge in [-0.15, -0.1) is 0 Å². The summed E-state index contributed by atoms with van der Waals surface area (Å²) in [6.45, 7) is 0. The number of halogens is 2. The van der Waals surface area contributed by atoms with Gasteiger partial charge in [0.15, 0.2) is 5.69 Å². The fourth-order valence-electron chi connectivity index (χ4n) is 1.14. The molecule has 0 aliphatic carbocycles. The van der Waals surface area contributed by atoms with Crippen LogP contribution in [0.15, 0.2) is 28.9 Å². The molecule has 0 unspecified atom stereocenters. The Kier molecular flexibility index (Phi) is 2.73. The molecular formula is C10H6F2N2O3. The van der Waals surface area contributed by atoms with E-state index in [2.05, 4.69) is 10.3 Å². The molecule has 1 aromatic carbocycles. The van der Waals surface area contributed by atoms with Crippen LogP contribution in [0.3, 0.4) is 0 Å². The van der Waals surface area contributed by atoms with Crippen LogP contribution in [0.25, 0.3) is 0 Å². The second-order valence-corrected chi connectivity index (χ2v) is 3.09. The molecule has 0 spiro atoms. The summed E-state index contributed by atoms with van der Waals surface area (Å²) in [6, 6.07) is 2.56. The average molecular weight is 240 g/mol. The second kappa shape index (κ2) is 4.20. The van der Waals surface area contributed by atoms with E-state index in [1.807, 2.05) is 0 Å². The molecule has 0 radical (unpaired) electrons. The van der Waals surface area contributed by atoms with Crippen molar-refractivity contribution >= 4 is 17.7 Å². The normalized spacial score (nSPS) is 10.2. The Morgan fingerprint density at radius 3 is 2.82 bits per heavy atom. The van der Waals surface area contributed by atoms with Crippen molar-refractivity contribution in [3.8, 4) is 0 Å². The van der Waals surface area contributed by atoms with Crippen molar-refractivity contribution in [2.24, 2.45) is 0 Å². The Labute approximate surface area is 93.7 Å². The maximum atomic E-state index is 13.2. The first-order valence-electron chi connectivity index (χ1n) is 4.47.